The molecular formula is C15H22N2S. The van der Waals surface area contributed by atoms with Crippen LogP contribution in [0.2, 0.25) is 0 Å². The summed E-state index contributed by atoms with van der Waals surface area (Å²) >= 11 is 1.82. The molecule has 98 valence electrons. The van der Waals surface area contributed by atoms with Crippen LogP contribution < -0.4 is 5.73 Å². The Kier molecular flexibility index (Phi) is 4.82. The van der Waals surface area contributed by atoms with Gasteiger partial charge in [-0.15, -0.1) is 11.3 Å². The number of rotatable bonds is 5. The first-order valence-corrected chi connectivity index (χ1v) is 7.58. The summed E-state index contributed by atoms with van der Waals surface area (Å²) < 4.78 is 0. The van der Waals surface area contributed by atoms with Crippen molar-refractivity contribution in [2.45, 2.75) is 39.3 Å². The van der Waals surface area contributed by atoms with E-state index in [0.717, 1.165) is 18.5 Å². The number of hydrogen-bond acceptors (Lipinski definition) is 3. The van der Waals surface area contributed by atoms with Gasteiger partial charge in [-0.05, 0) is 30.2 Å². The Morgan fingerprint density at radius 3 is 2.89 bits per heavy atom. The van der Waals surface area contributed by atoms with Gasteiger partial charge in [0.2, 0.25) is 0 Å². The van der Waals surface area contributed by atoms with Gasteiger partial charge in [0.25, 0.3) is 0 Å². The van der Waals surface area contributed by atoms with Crippen molar-refractivity contribution >= 4 is 11.3 Å². The van der Waals surface area contributed by atoms with Crippen LogP contribution in [0, 0.1) is 17.8 Å². The molecule has 1 aromatic heterocycles. The lowest BCUT2D eigenvalue weighted by molar-refractivity contribution is 0.228. The number of nitrogens with two attached hydrogens (primary N) is 1. The molecule has 1 aliphatic rings. The van der Waals surface area contributed by atoms with Crippen molar-refractivity contribution < 1.29 is 0 Å². The summed E-state index contributed by atoms with van der Waals surface area (Å²) in [5, 5.41) is 2.14. The van der Waals surface area contributed by atoms with Crippen LogP contribution in [0.4, 0.5) is 0 Å². The molecule has 1 saturated carbocycles. The summed E-state index contributed by atoms with van der Waals surface area (Å²) in [6, 6.07) is 2.92. The van der Waals surface area contributed by atoms with E-state index in [9.17, 15) is 0 Å². The van der Waals surface area contributed by atoms with Crippen LogP contribution in [0.15, 0.2) is 11.4 Å². The van der Waals surface area contributed by atoms with E-state index in [1.807, 2.05) is 11.3 Å². The first-order valence-electron chi connectivity index (χ1n) is 6.70. The molecule has 0 amide bonds. The predicted molar refractivity (Wildman–Crippen MR) is 78.5 cm³/mol. The lowest BCUT2D eigenvalue weighted by atomic mass is 10.2. The smallest absolute Gasteiger partial charge is 0.0555 e. The highest BCUT2D eigenvalue weighted by Gasteiger charge is 2.29. The third-order valence-corrected chi connectivity index (χ3v) is 3.99. The summed E-state index contributed by atoms with van der Waals surface area (Å²) in [4.78, 5) is 4.01. The van der Waals surface area contributed by atoms with Gasteiger partial charge in [-0.1, -0.05) is 25.7 Å². The largest absolute Gasteiger partial charge is 0.320 e. The van der Waals surface area contributed by atoms with Crippen LogP contribution in [0.1, 0.15) is 37.1 Å². The molecule has 1 aliphatic carbocycles. The SMILES string of the molecule is CC(C)CN(Cc1sccc1C#CCN)C1CC1. The van der Waals surface area contributed by atoms with E-state index in [-0.39, 0.29) is 0 Å². The van der Waals surface area contributed by atoms with Crippen LogP contribution in [0.5, 0.6) is 0 Å². The Morgan fingerprint density at radius 2 is 2.28 bits per heavy atom. The fourth-order valence-corrected chi connectivity index (χ4v) is 3.01. The highest BCUT2D eigenvalue weighted by molar-refractivity contribution is 7.10. The highest BCUT2D eigenvalue weighted by atomic mass is 32.1. The third kappa shape index (κ3) is 3.84. The Bertz CT molecular complexity index is 435. The average molecular weight is 262 g/mol. The molecule has 0 atom stereocenters. The zero-order chi connectivity index (χ0) is 13.0. The monoisotopic (exact) mass is 262 g/mol. The maximum atomic E-state index is 5.44. The summed E-state index contributed by atoms with van der Waals surface area (Å²) in [5.41, 5.74) is 6.61. The van der Waals surface area contributed by atoms with Gasteiger partial charge in [-0.3, -0.25) is 4.90 Å². The zero-order valence-corrected chi connectivity index (χ0v) is 12.1. The molecule has 0 aliphatic heterocycles. The van der Waals surface area contributed by atoms with Gasteiger partial charge in [-0.2, -0.15) is 0 Å². The summed E-state index contributed by atoms with van der Waals surface area (Å²) in [6.07, 6.45) is 2.73. The number of nitrogens with zero attached hydrogens (tertiary/aromatic N) is 1. The second-order valence-corrected chi connectivity index (χ2v) is 6.32. The molecule has 0 radical (unpaired) electrons. The van der Waals surface area contributed by atoms with Gasteiger partial charge in [-0.25, -0.2) is 0 Å². The van der Waals surface area contributed by atoms with E-state index in [4.69, 9.17) is 5.73 Å². The Balaban J connectivity index is 2.04. The summed E-state index contributed by atoms with van der Waals surface area (Å²) in [6.45, 7) is 7.26. The fraction of sp³-hybridized carbons (Fsp3) is 0.600. The molecule has 1 aromatic rings. The predicted octanol–water partition coefficient (Wildman–Crippen LogP) is 2.68. The minimum absolute atomic E-state index is 0.438. The van der Waals surface area contributed by atoms with Crippen LogP contribution in [-0.4, -0.2) is 24.0 Å². The van der Waals surface area contributed by atoms with Crippen LogP contribution in [0.25, 0.3) is 0 Å². The first kappa shape index (κ1) is 13.6. The van der Waals surface area contributed by atoms with Crippen molar-refractivity contribution in [1.82, 2.24) is 4.90 Å². The molecule has 0 unspecified atom stereocenters. The lowest BCUT2D eigenvalue weighted by Crippen LogP contribution is -2.29. The summed E-state index contributed by atoms with van der Waals surface area (Å²) in [5.74, 6) is 6.86. The van der Waals surface area contributed by atoms with Crippen LogP contribution in [-0.2, 0) is 6.54 Å². The molecular weight excluding hydrogens is 240 g/mol. The van der Waals surface area contributed by atoms with E-state index in [1.54, 1.807) is 0 Å². The van der Waals surface area contributed by atoms with Crippen molar-refractivity contribution in [2.75, 3.05) is 13.1 Å². The molecule has 0 saturated heterocycles. The average Bonchev–Trinajstić information content (AvgIpc) is 3.08. The topological polar surface area (TPSA) is 29.3 Å². The molecule has 3 heteroatoms. The number of thiophene rings is 1. The molecule has 0 bridgehead atoms. The van der Waals surface area contributed by atoms with E-state index in [1.165, 1.54) is 29.8 Å². The van der Waals surface area contributed by atoms with Gasteiger partial charge in [0.15, 0.2) is 0 Å². The maximum absolute atomic E-state index is 5.44. The fourth-order valence-electron chi connectivity index (χ4n) is 2.16. The maximum Gasteiger partial charge on any atom is 0.0555 e. The Labute approximate surface area is 114 Å². The molecule has 2 N–H and O–H groups in total. The van der Waals surface area contributed by atoms with Crippen LogP contribution >= 0.6 is 11.3 Å². The molecule has 1 heterocycles. The van der Waals surface area contributed by atoms with Crippen molar-refractivity contribution in [2.24, 2.45) is 11.7 Å². The van der Waals surface area contributed by atoms with Gasteiger partial charge in [0.05, 0.1) is 6.54 Å². The van der Waals surface area contributed by atoms with Gasteiger partial charge in [0, 0.05) is 29.6 Å². The minimum atomic E-state index is 0.438. The zero-order valence-electron chi connectivity index (χ0n) is 11.3. The lowest BCUT2D eigenvalue weighted by Gasteiger charge is -2.23. The van der Waals surface area contributed by atoms with E-state index in [0.29, 0.717) is 6.54 Å². The Hall–Kier alpha value is -0.820. The van der Waals surface area contributed by atoms with Crippen molar-refractivity contribution in [3.63, 3.8) is 0 Å². The first-order chi connectivity index (χ1) is 8.70. The van der Waals surface area contributed by atoms with E-state index in [2.05, 4.69) is 42.0 Å². The van der Waals surface area contributed by atoms with Crippen molar-refractivity contribution in [1.29, 1.82) is 0 Å². The minimum Gasteiger partial charge on any atom is -0.320 e. The summed E-state index contributed by atoms with van der Waals surface area (Å²) in [7, 11) is 0. The molecule has 0 spiro atoms. The third-order valence-electron chi connectivity index (χ3n) is 3.08. The van der Waals surface area contributed by atoms with Crippen molar-refractivity contribution in [3.8, 4) is 11.8 Å². The number of hydrogen-bond donors (Lipinski definition) is 1. The molecule has 2 nitrogen and oxygen atoms in total. The van der Waals surface area contributed by atoms with Crippen LogP contribution in [0.3, 0.4) is 0 Å². The van der Waals surface area contributed by atoms with E-state index < -0.39 is 0 Å². The highest BCUT2D eigenvalue weighted by Crippen LogP contribution is 2.30. The van der Waals surface area contributed by atoms with Gasteiger partial charge in [0.1, 0.15) is 0 Å². The quantitative estimate of drug-likeness (QED) is 0.827. The molecule has 18 heavy (non-hydrogen) atoms. The van der Waals surface area contributed by atoms with Gasteiger partial charge >= 0.3 is 0 Å². The van der Waals surface area contributed by atoms with Gasteiger partial charge < -0.3 is 5.73 Å². The van der Waals surface area contributed by atoms with E-state index >= 15 is 0 Å². The molecule has 1 fully saturated rings. The molecule has 2 rings (SSSR count). The standard InChI is InChI=1S/C15H22N2S/c1-12(2)10-17(14-5-6-14)11-15-13(4-3-8-16)7-9-18-15/h7,9,12,14H,5-6,8,10-11,16H2,1-2H3. The molecule has 0 aromatic carbocycles. The normalized spacial score (nSPS) is 14.9. The Morgan fingerprint density at radius 1 is 1.50 bits per heavy atom. The second kappa shape index (κ2) is 6.38. The van der Waals surface area contributed by atoms with Crippen molar-refractivity contribution in [3.05, 3.63) is 21.9 Å². The second-order valence-electron chi connectivity index (χ2n) is 5.32.